The van der Waals surface area contributed by atoms with E-state index in [1.807, 2.05) is 0 Å². The van der Waals surface area contributed by atoms with E-state index in [0.717, 1.165) is 13.1 Å². The maximum atomic E-state index is 11.2. The van der Waals surface area contributed by atoms with E-state index in [2.05, 4.69) is 18.7 Å². The summed E-state index contributed by atoms with van der Waals surface area (Å²) in [4.78, 5) is 13.6. The number of methoxy groups -OCH3 is 1. The second kappa shape index (κ2) is 4.78. The lowest BCUT2D eigenvalue weighted by atomic mass is 9.95. The average Bonchev–Trinajstić information content (AvgIpc) is 2.18. The molecule has 1 heterocycles. The lowest BCUT2D eigenvalue weighted by molar-refractivity contribution is -0.143. The highest BCUT2D eigenvalue weighted by molar-refractivity contribution is 5.70. The second-order valence-corrected chi connectivity index (χ2v) is 4.61. The maximum absolute atomic E-state index is 11.2. The van der Waals surface area contributed by atoms with Crippen LogP contribution in [0.4, 0.5) is 0 Å². The van der Waals surface area contributed by atoms with E-state index in [0.29, 0.717) is 6.42 Å². The summed E-state index contributed by atoms with van der Waals surface area (Å²) < 4.78 is 4.71. The number of carbonyl (C=O) groups is 1. The van der Waals surface area contributed by atoms with Gasteiger partial charge in [-0.1, -0.05) is 6.42 Å². The van der Waals surface area contributed by atoms with E-state index < -0.39 is 0 Å². The summed E-state index contributed by atoms with van der Waals surface area (Å²) in [6.07, 6.45) is 4.32. The van der Waals surface area contributed by atoms with E-state index in [1.54, 1.807) is 0 Å². The van der Waals surface area contributed by atoms with E-state index in [1.165, 1.54) is 26.4 Å². The first-order valence-electron chi connectivity index (χ1n) is 5.38. The molecule has 3 heteroatoms. The van der Waals surface area contributed by atoms with Crippen LogP contribution >= 0.6 is 0 Å². The number of ether oxygens (including phenoxy) is 1. The van der Waals surface area contributed by atoms with Crippen molar-refractivity contribution in [2.75, 3.05) is 20.2 Å². The van der Waals surface area contributed by atoms with Gasteiger partial charge in [0.15, 0.2) is 0 Å². The number of rotatable bonds is 3. The second-order valence-electron chi connectivity index (χ2n) is 4.61. The number of hydrogen-bond donors (Lipinski definition) is 0. The summed E-state index contributed by atoms with van der Waals surface area (Å²) in [6.45, 7) is 6.47. The van der Waals surface area contributed by atoms with Crippen LogP contribution in [0.3, 0.4) is 0 Å². The molecule has 1 fully saturated rings. The van der Waals surface area contributed by atoms with Crippen LogP contribution in [-0.2, 0) is 9.53 Å². The Morgan fingerprint density at radius 3 is 2.36 bits per heavy atom. The molecule has 0 N–H and O–H groups in total. The normalized spacial score (nSPS) is 19.4. The molecular formula is C11H21NO2. The van der Waals surface area contributed by atoms with E-state index in [-0.39, 0.29) is 11.5 Å². The van der Waals surface area contributed by atoms with Crippen LogP contribution in [0.15, 0.2) is 0 Å². The highest BCUT2D eigenvalue weighted by Gasteiger charge is 2.30. The highest BCUT2D eigenvalue weighted by atomic mass is 16.5. The zero-order valence-electron chi connectivity index (χ0n) is 9.51. The molecule has 0 aromatic carbocycles. The van der Waals surface area contributed by atoms with E-state index in [9.17, 15) is 4.79 Å². The molecule has 0 unspecified atom stereocenters. The molecule has 0 radical (unpaired) electrons. The smallest absolute Gasteiger partial charge is 0.307 e. The summed E-state index contributed by atoms with van der Waals surface area (Å²) in [7, 11) is 1.45. The first-order valence-corrected chi connectivity index (χ1v) is 5.38. The summed E-state index contributed by atoms with van der Waals surface area (Å²) in [5, 5.41) is 0. The van der Waals surface area contributed by atoms with Gasteiger partial charge in [0.2, 0.25) is 0 Å². The van der Waals surface area contributed by atoms with Crippen LogP contribution in [0.5, 0.6) is 0 Å². The minimum absolute atomic E-state index is 0.0481. The highest BCUT2D eigenvalue weighted by Crippen LogP contribution is 2.23. The molecule has 0 aromatic heterocycles. The van der Waals surface area contributed by atoms with Crippen molar-refractivity contribution in [1.29, 1.82) is 0 Å². The van der Waals surface area contributed by atoms with Gasteiger partial charge < -0.3 is 4.74 Å². The van der Waals surface area contributed by atoms with Gasteiger partial charge in [-0.25, -0.2) is 0 Å². The first-order chi connectivity index (χ1) is 6.56. The summed E-state index contributed by atoms with van der Waals surface area (Å²) in [6, 6.07) is 0. The van der Waals surface area contributed by atoms with Gasteiger partial charge in [-0.2, -0.15) is 0 Å². The van der Waals surface area contributed by atoms with E-state index in [4.69, 9.17) is 4.74 Å². The largest absolute Gasteiger partial charge is 0.469 e. The van der Waals surface area contributed by atoms with Crippen LogP contribution in [0, 0.1) is 0 Å². The molecule has 0 aromatic rings. The van der Waals surface area contributed by atoms with Crippen LogP contribution in [0.25, 0.3) is 0 Å². The number of esters is 1. The third kappa shape index (κ3) is 2.98. The fraction of sp³-hybridized carbons (Fsp3) is 0.909. The topological polar surface area (TPSA) is 29.5 Å². The fourth-order valence-electron chi connectivity index (χ4n) is 2.04. The molecule has 0 bridgehead atoms. The van der Waals surface area contributed by atoms with Crippen molar-refractivity contribution in [3.05, 3.63) is 0 Å². The minimum atomic E-state index is -0.111. The molecule has 1 saturated heterocycles. The molecule has 3 nitrogen and oxygen atoms in total. The Hall–Kier alpha value is -0.570. The molecule has 1 aliphatic heterocycles. The summed E-state index contributed by atoms with van der Waals surface area (Å²) >= 11 is 0. The Labute approximate surface area is 86.4 Å². The van der Waals surface area contributed by atoms with Gasteiger partial charge in [0.1, 0.15) is 0 Å². The Bertz CT molecular complexity index is 195. The quantitative estimate of drug-likeness (QED) is 0.649. The zero-order chi connectivity index (χ0) is 10.6. The number of hydrogen-bond acceptors (Lipinski definition) is 3. The standard InChI is InChI=1S/C11H21NO2/c1-11(2,9-10(13)14-3)12-7-5-4-6-8-12/h4-9H2,1-3H3. The minimum Gasteiger partial charge on any atom is -0.469 e. The molecule has 0 atom stereocenters. The Balaban J connectivity index is 2.49. The van der Waals surface area contributed by atoms with Crippen molar-refractivity contribution in [3.63, 3.8) is 0 Å². The Morgan fingerprint density at radius 1 is 1.29 bits per heavy atom. The van der Waals surface area contributed by atoms with Gasteiger partial charge in [0, 0.05) is 5.54 Å². The predicted molar refractivity (Wildman–Crippen MR) is 56.1 cm³/mol. The Kier molecular flexibility index (Phi) is 3.93. The van der Waals surface area contributed by atoms with E-state index >= 15 is 0 Å². The summed E-state index contributed by atoms with van der Waals surface area (Å²) in [5.74, 6) is -0.111. The van der Waals surface area contributed by atoms with Gasteiger partial charge in [-0.05, 0) is 39.8 Å². The first kappa shape index (κ1) is 11.5. The average molecular weight is 199 g/mol. The number of nitrogens with zero attached hydrogens (tertiary/aromatic N) is 1. The molecule has 1 rings (SSSR count). The molecule has 0 aliphatic carbocycles. The fourth-order valence-corrected chi connectivity index (χ4v) is 2.04. The van der Waals surface area contributed by atoms with Crippen molar-refractivity contribution >= 4 is 5.97 Å². The predicted octanol–water partition coefficient (Wildman–Crippen LogP) is 1.81. The van der Waals surface area contributed by atoms with Gasteiger partial charge in [-0.15, -0.1) is 0 Å². The third-order valence-electron chi connectivity index (χ3n) is 3.02. The lowest BCUT2D eigenvalue weighted by Gasteiger charge is -2.40. The molecule has 0 spiro atoms. The van der Waals surface area contributed by atoms with Gasteiger partial charge in [-0.3, -0.25) is 9.69 Å². The SMILES string of the molecule is COC(=O)CC(C)(C)N1CCCCC1. The summed E-state index contributed by atoms with van der Waals surface area (Å²) in [5.41, 5.74) is -0.0481. The van der Waals surface area contributed by atoms with Crippen molar-refractivity contribution in [2.24, 2.45) is 0 Å². The third-order valence-corrected chi connectivity index (χ3v) is 3.02. The Morgan fingerprint density at radius 2 is 1.86 bits per heavy atom. The molecule has 1 aliphatic rings. The van der Waals surface area contributed by atoms with Crippen LogP contribution in [-0.4, -0.2) is 36.6 Å². The molecular weight excluding hydrogens is 178 g/mol. The number of likely N-dealkylation sites (tertiary alicyclic amines) is 1. The number of piperidine rings is 1. The zero-order valence-corrected chi connectivity index (χ0v) is 9.51. The maximum Gasteiger partial charge on any atom is 0.307 e. The van der Waals surface area contributed by atoms with Crippen LogP contribution in [0.2, 0.25) is 0 Å². The van der Waals surface area contributed by atoms with Crippen LogP contribution in [0.1, 0.15) is 39.5 Å². The monoisotopic (exact) mass is 199 g/mol. The van der Waals surface area contributed by atoms with Crippen LogP contribution < -0.4 is 0 Å². The van der Waals surface area contributed by atoms with Crippen molar-refractivity contribution in [1.82, 2.24) is 4.90 Å². The van der Waals surface area contributed by atoms with Crippen molar-refractivity contribution in [2.45, 2.75) is 45.1 Å². The van der Waals surface area contributed by atoms with Gasteiger partial charge >= 0.3 is 5.97 Å². The van der Waals surface area contributed by atoms with Crippen molar-refractivity contribution in [3.8, 4) is 0 Å². The number of carbonyl (C=O) groups excluding carboxylic acids is 1. The van der Waals surface area contributed by atoms with Gasteiger partial charge in [0.05, 0.1) is 13.5 Å². The molecule has 0 saturated carbocycles. The van der Waals surface area contributed by atoms with Gasteiger partial charge in [0.25, 0.3) is 0 Å². The lowest BCUT2D eigenvalue weighted by Crippen LogP contribution is -2.48. The molecule has 14 heavy (non-hydrogen) atoms. The van der Waals surface area contributed by atoms with Crippen molar-refractivity contribution < 1.29 is 9.53 Å². The molecule has 82 valence electrons. The molecule has 0 amide bonds.